The third kappa shape index (κ3) is 3.00. The minimum atomic E-state index is -4.15. The number of hydrogen-bond acceptors (Lipinski definition) is 2. The summed E-state index contributed by atoms with van der Waals surface area (Å²) in [6.07, 6.45) is -3.53. The first-order valence-corrected chi connectivity index (χ1v) is 5.03. The SMILES string of the molecule is NCCC1NCC(C(F)(F)F)CC1Cl. The highest BCUT2D eigenvalue weighted by Gasteiger charge is 2.44. The summed E-state index contributed by atoms with van der Waals surface area (Å²) in [6.45, 7) is 0.398. The Morgan fingerprint density at radius 3 is 2.50 bits per heavy atom. The highest BCUT2D eigenvalue weighted by molar-refractivity contribution is 6.21. The van der Waals surface area contributed by atoms with Crippen molar-refractivity contribution in [2.75, 3.05) is 13.1 Å². The maximum Gasteiger partial charge on any atom is 0.393 e. The number of nitrogens with one attached hydrogen (secondary N) is 1. The topological polar surface area (TPSA) is 38.0 Å². The van der Waals surface area contributed by atoms with Gasteiger partial charge in [0.1, 0.15) is 0 Å². The van der Waals surface area contributed by atoms with E-state index in [2.05, 4.69) is 5.32 Å². The lowest BCUT2D eigenvalue weighted by atomic mass is 9.92. The Morgan fingerprint density at radius 1 is 1.43 bits per heavy atom. The molecule has 3 atom stereocenters. The minimum absolute atomic E-state index is 0.0112. The van der Waals surface area contributed by atoms with Crippen molar-refractivity contribution in [1.82, 2.24) is 5.32 Å². The van der Waals surface area contributed by atoms with Gasteiger partial charge in [-0.3, -0.25) is 0 Å². The second kappa shape index (κ2) is 4.68. The molecule has 84 valence electrons. The average Bonchev–Trinajstić information content (AvgIpc) is 2.07. The molecule has 0 aromatic carbocycles. The van der Waals surface area contributed by atoms with Crippen LogP contribution in [-0.4, -0.2) is 30.7 Å². The Bertz CT molecular complexity index is 186. The van der Waals surface area contributed by atoms with Gasteiger partial charge in [-0.25, -0.2) is 0 Å². The Balaban J connectivity index is 2.46. The molecule has 0 radical (unpaired) electrons. The summed E-state index contributed by atoms with van der Waals surface area (Å²) in [5.74, 6) is -1.32. The lowest BCUT2D eigenvalue weighted by molar-refractivity contribution is -0.179. The maximum atomic E-state index is 12.3. The van der Waals surface area contributed by atoms with Gasteiger partial charge in [-0.1, -0.05) is 0 Å². The molecule has 1 fully saturated rings. The van der Waals surface area contributed by atoms with E-state index in [0.717, 1.165) is 0 Å². The molecule has 6 heteroatoms. The molecule has 1 rings (SSSR count). The van der Waals surface area contributed by atoms with E-state index in [4.69, 9.17) is 17.3 Å². The summed E-state index contributed by atoms with van der Waals surface area (Å²) >= 11 is 5.84. The van der Waals surface area contributed by atoms with Crippen molar-refractivity contribution in [2.45, 2.75) is 30.4 Å². The van der Waals surface area contributed by atoms with Crippen molar-refractivity contribution in [3.05, 3.63) is 0 Å². The monoisotopic (exact) mass is 230 g/mol. The van der Waals surface area contributed by atoms with Gasteiger partial charge in [0.05, 0.1) is 5.92 Å². The Morgan fingerprint density at radius 2 is 2.07 bits per heavy atom. The van der Waals surface area contributed by atoms with Gasteiger partial charge in [-0.05, 0) is 19.4 Å². The van der Waals surface area contributed by atoms with E-state index in [-0.39, 0.29) is 19.0 Å². The van der Waals surface area contributed by atoms with Crippen molar-refractivity contribution < 1.29 is 13.2 Å². The molecule has 0 saturated carbocycles. The van der Waals surface area contributed by atoms with E-state index < -0.39 is 17.5 Å². The number of nitrogens with two attached hydrogens (primary N) is 1. The highest BCUT2D eigenvalue weighted by Crippen LogP contribution is 2.34. The summed E-state index contributed by atoms with van der Waals surface area (Å²) < 4.78 is 36.9. The number of alkyl halides is 4. The summed E-state index contributed by atoms with van der Waals surface area (Å²) in [5.41, 5.74) is 5.32. The lowest BCUT2D eigenvalue weighted by Gasteiger charge is -2.34. The van der Waals surface area contributed by atoms with Crippen molar-refractivity contribution in [3.8, 4) is 0 Å². The van der Waals surface area contributed by atoms with Gasteiger partial charge in [-0.2, -0.15) is 13.2 Å². The molecule has 1 saturated heterocycles. The number of halogens is 4. The van der Waals surface area contributed by atoms with E-state index >= 15 is 0 Å². The van der Waals surface area contributed by atoms with Crippen LogP contribution in [0.1, 0.15) is 12.8 Å². The normalized spacial score (nSPS) is 34.5. The lowest BCUT2D eigenvalue weighted by Crippen LogP contribution is -2.50. The van der Waals surface area contributed by atoms with Crippen LogP contribution in [0.15, 0.2) is 0 Å². The van der Waals surface area contributed by atoms with Crippen LogP contribution in [-0.2, 0) is 0 Å². The molecular weight excluding hydrogens is 217 g/mol. The number of piperidine rings is 1. The Hall–Kier alpha value is -0.0000000000000000555. The van der Waals surface area contributed by atoms with E-state index in [1.807, 2.05) is 0 Å². The largest absolute Gasteiger partial charge is 0.393 e. The fourth-order valence-corrected chi connectivity index (χ4v) is 2.08. The molecule has 0 aromatic rings. The van der Waals surface area contributed by atoms with Crippen LogP contribution in [0.25, 0.3) is 0 Å². The molecule has 14 heavy (non-hydrogen) atoms. The second-order valence-electron chi connectivity index (χ2n) is 3.58. The summed E-state index contributed by atoms with van der Waals surface area (Å²) in [5, 5.41) is 2.32. The van der Waals surface area contributed by atoms with Crippen molar-refractivity contribution >= 4 is 11.6 Å². The second-order valence-corrected chi connectivity index (χ2v) is 4.14. The predicted molar refractivity (Wildman–Crippen MR) is 49.3 cm³/mol. The molecule has 2 nitrogen and oxygen atoms in total. The molecule has 0 amide bonds. The van der Waals surface area contributed by atoms with Crippen molar-refractivity contribution in [2.24, 2.45) is 11.7 Å². The first kappa shape index (κ1) is 12.1. The van der Waals surface area contributed by atoms with Gasteiger partial charge < -0.3 is 11.1 Å². The summed E-state index contributed by atoms with van der Waals surface area (Å²) in [7, 11) is 0. The van der Waals surface area contributed by atoms with E-state index in [0.29, 0.717) is 13.0 Å². The summed E-state index contributed by atoms with van der Waals surface area (Å²) in [4.78, 5) is 0. The molecule has 1 heterocycles. The van der Waals surface area contributed by atoms with Crippen LogP contribution in [0.5, 0.6) is 0 Å². The fraction of sp³-hybridized carbons (Fsp3) is 1.00. The number of hydrogen-bond donors (Lipinski definition) is 2. The highest BCUT2D eigenvalue weighted by atomic mass is 35.5. The van der Waals surface area contributed by atoms with E-state index in [1.54, 1.807) is 0 Å². The first-order valence-electron chi connectivity index (χ1n) is 4.59. The van der Waals surface area contributed by atoms with E-state index in [1.165, 1.54) is 0 Å². The number of rotatable bonds is 2. The minimum Gasteiger partial charge on any atom is -0.330 e. The molecule has 0 aliphatic carbocycles. The maximum absolute atomic E-state index is 12.3. The predicted octanol–water partition coefficient (Wildman–Crippen LogP) is 1.48. The van der Waals surface area contributed by atoms with Gasteiger partial charge in [0, 0.05) is 18.0 Å². The zero-order valence-electron chi connectivity index (χ0n) is 7.65. The third-order valence-corrected chi connectivity index (χ3v) is 3.00. The first-order chi connectivity index (χ1) is 6.45. The van der Waals surface area contributed by atoms with Crippen LogP contribution < -0.4 is 11.1 Å². The van der Waals surface area contributed by atoms with Gasteiger partial charge >= 0.3 is 6.18 Å². The van der Waals surface area contributed by atoms with Crippen LogP contribution >= 0.6 is 11.6 Å². The van der Waals surface area contributed by atoms with E-state index in [9.17, 15) is 13.2 Å². The van der Waals surface area contributed by atoms with Crippen molar-refractivity contribution in [3.63, 3.8) is 0 Å². The zero-order valence-corrected chi connectivity index (χ0v) is 8.41. The summed E-state index contributed by atoms with van der Waals surface area (Å²) in [6, 6.07) is -0.0831. The van der Waals surface area contributed by atoms with Gasteiger partial charge in [0.2, 0.25) is 0 Å². The smallest absolute Gasteiger partial charge is 0.330 e. The molecular formula is C8H14ClF3N2. The van der Waals surface area contributed by atoms with Gasteiger partial charge in [0.25, 0.3) is 0 Å². The zero-order chi connectivity index (χ0) is 10.8. The molecule has 3 unspecified atom stereocenters. The molecule has 3 N–H and O–H groups in total. The molecule has 1 aliphatic heterocycles. The standard InChI is InChI=1S/C8H14ClF3N2/c9-6-3-5(8(10,11)12)4-14-7(6)1-2-13/h5-7,14H,1-4,13H2. The Kier molecular flexibility index (Phi) is 4.04. The average molecular weight is 231 g/mol. The van der Waals surface area contributed by atoms with Gasteiger partial charge in [-0.15, -0.1) is 11.6 Å². The van der Waals surface area contributed by atoms with Crippen LogP contribution in [0.4, 0.5) is 13.2 Å². The van der Waals surface area contributed by atoms with Crippen molar-refractivity contribution in [1.29, 1.82) is 0 Å². The third-order valence-electron chi connectivity index (χ3n) is 2.51. The molecule has 0 aromatic heterocycles. The van der Waals surface area contributed by atoms with Gasteiger partial charge in [0.15, 0.2) is 0 Å². The quantitative estimate of drug-likeness (QED) is 0.706. The van der Waals surface area contributed by atoms with Crippen LogP contribution in [0, 0.1) is 5.92 Å². The molecule has 1 aliphatic rings. The Labute approximate surface area is 86.0 Å². The molecule has 0 bridgehead atoms. The van der Waals surface area contributed by atoms with Crippen LogP contribution in [0.2, 0.25) is 0 Å². The van der Waals surface area contributed by atoms with Crippen LogP contribution in [0.3, 0.4) is 0 Å². The fourth-order valence-electron chi connectivity index (χ4n) is 1.65. The molecule has 0 spiro atoms.